The minimum absolute atomic E-state index is 0.00806. The summed E-state index contributed by atoms with van der Waals surface area (Å²) in [5.41, 5.74) is 1.65. The van der Waals surface area contributed by atoms with E-state index in [9.17, 15) is 4.79 Å². The van der Waals surface area contributed by atoms with Crippen LogP contribution in [0.25, 0.3) is 10.9 Å². The van der Waals surface area contributed by atoms with Crippen LogP contribution in [0.5, 0.6) is 0 Å². The first-order chi connectivity index (χ1) is 10.1. The van der Waals surface area contributed by atoms with Crippen molar-refractivity contribution < 1.29 is 4.79 Å². The Hall–Kier alpha value is -1.88. The average molecular weight is 286 g/mol. The van der Waals surface area contributed by atoms with Crippen LogP contribution in [-0.2, 0) is 0 Å². The van der Waals surface area contributed by atoms with Gasteiger partial charge in [0.15, 0.2) is 0 Å². The average Bonchev–Trinajstić information content (AvgIpc) is 2.94. The number of hydrogen-bond donors (Lipinski definition) is 2. The van der Waals surface area contributed by atoms with E-state index >= 15 is 0 Å². The van der Waals surface area contributed by atoms with Crippen LogP contribution in [0.15, 0.2) is 24.4 Å². The van der Waals surface area contributed by atoms with Gasteiger partial charge in [0.25, 0.3) is 5.91 Å². The van der Waals surface area contributed by atoms with E-state index in [4.69, 9.17) is 0 Å². The number of piperidine rings is 1. The van der Waals surface area contributed by atoms with Gasteiger partial charge in [0, 0.05) is 29.6 Å². The van der Waals surface area contributed by atoms with Gasteiger partial charge in [-0.05, 0) is 51.4 Å². The zero-order valence-electron chi connectivity index (χ0n) is 12.6. The molecule has 21 heavy (non-hydrogen) atoms. The van der Waals surface area contributed by atoms with Gasteiger partial charge in [-0.2, -0.15) is 5.10 Å². The first-order valence-corrected chi connectivity index (χ1v) is 7.61. The van der Waals surface area contributed by atoms with Crippen molar-refractivity contribution in [2.24, 2.45) is 0 Å². The normalized spacial score (nSPS) is 20.0. The molecule has 0 radical (unpaired) electrons. The molecule has 112 valence electrons. The summed E-state index contributed by atoms with van der Waals surface area (Å²) < 4.78 is 0. The molecule has 5 heteroatoms. The van der Waals surface area contributed by atoms with Crippen LogP contribution in [-0.4, -0.2) is 46.2 Å². The van der Waals surface area contributed by atoms with E-state index in [1.54, 1.807) is 6.20 Å². The summed E-state index contributed by atoms with van der Waals surface area (Å²) in [5, 5.41) is 11.0. The number of aromatic nitrogens is 2. The van der Waals surface area contributed by atoms with Crippen LogP contribution in [0.4, 0.5) is 0 Å². The van der Waals surface area contributed by atoms with E-state index in [0.717, 1.165) is 36.8 Å². The highest BCUT2D eigenvalue weighted by molar-refractivity contribution is 5.98. The summed E-state index contributed by atoms with van der Waals surface area (Å²) >= 11 is 0. The lowest BCUT2D eigenvalue weighted by atomic mass is 10.0. The number of nitrogens with one attached hydrogen (secondary N) is 2. The summed E-state index contributed by atoms with van der Waals surface area (Å²) in [5.74, 6) is 0.00806. The predicted molar refractivity (Wildman–Crippen MR) is 83.3 cm³/mol. The molecule has 1 aliphatic rings. The Labute approximate surface area is 124 Å². The zero-order valence-corrected chi connectivity index (χ0v) is 12.6. The van der Waals surface area contributed by atoms with Crippen molar-refractivity contribution in [3.8, 4) is 0 Å². The van der Waals surface area contributed by atoms with Crippen LogP contribution in [0, 0.1) is 0 Å². The molecule has 0 unspecified atom stereocenters. The van der Waals surface area contributed by atoms with Crippen molar-refractivity contribution in [3.63, 3.8) is 0 Å². The number of rotatable bonds is 3. The van der Waals surface area contributed by atoms with Crippen molar-refractivity contribution in [2.45, 2.75) is 38.8 Å². The summed E-state index contributed by atoms with van der Waals surface area (Å²) in [6.45, 7) is 6.48. The highest BCUT2D eigenvalue weighted by Crippen LogP contribution is 2.15. The Morgan fingerprint density at radius 3 is 3.14 bits per heavy atom. The Kier molecular flexibility index (Phi) is 3.92. The van der Waals surface area contributed by atoms with Gasteiger partial charge in [0.2, 0.25) is 0 Å². The molecular weight excluding hydrogens is 264 g/mol. The second-order valence-electron chi connectivity index (χ2n) is 6.07. The number of aromatic amines is 1. The molecule has 2 aromatic rings. The Bertz CT molecular complexity index is 634. The molecule has 1 fully saturated rings. The minimum atomic E-state index is 0.00806. The van der Waals surface area contributed by atoms with Gasteiger partial charge in [0.05, 0.1) is 11.7 Å². The molecule has 0 bridgehead atoms. The number of carbonyl (C=O) groups excluding carboxylic acids is 1. The van der Waals surface area contributed by atoms with E-state index in [0.29, 0.717) is 11.6 Å². The molecule has 5 nitrogen and oxygen atoms in total. The maximum Gasteiger partial charge on any atom is 0.251 e. The number of fused-ring (bicyclic) bond motifs is 1. The molecule has 3 rings (SSSR count). The van der Waals surface area contributed by atoms with Gasteiger partial charge in [0.1, 0.15) is 0 Å². The fourth-order valence-corrected chi connectivity index (χ4v) is 2.95. The fraction of sp³-hybridized carbons (Fsp3) is 0.500. The largest absolute Gasteiger partial charge is 0.348 e. The van der Waals surface area contributed by atoms with Gasteiger partial charge in [-0.3, -0.25) is 14.8 Å². The molecular formula is C16H22N4O. The second kappa shape index (κ2) is 5.85. The van der Waals surface area contributed by atoms with Crippen LogP contribution in [0.2, 0.25) is 0 Å². The maximum atomic E-state index is 12.4. The van der Waals surface area contributed by atoms with Crippen molar-refractivity contribution in [3.05, 3.63) is 30.0 Å². The number of amides is 1. The van der Waals surface area contributed by atoms with Gasteiger partial charge in [-0.1, -0.05) is 0 Å². The number of hydrogen-bond acceptors (Lipinski definition) is 3. The van der Waals surface area contributed by atoms with Crippen molar-refractivity contribution in [2.75, 3.05) is 13.1 Å². The molecule has 1 aromatic carbocycles. The standard InChI is InChI=1S/C16H22N4O/c1-11(2)20-7-3-4-14(10-20)18-16(21)12-5-6-15-13(8-12)9-17-19-15/h5-6,8-9,11,14H,3-4,7,10H2,1-2H3,(H,17,19)(H,18,21)/t14-/m0/s1. The van der Waals surface area contributed by atoms with E-state index in [-0.39, 0.29) is 11.9 Å². The second-order valence-corrected chi connectivity index (χ2v) is 6.07. The molecule has 2 N–H and O–H groups in total. The molecule has 0 spiro atoms. The lowest BCUT2D eigenvalue weighted by Crippen LogP contribution is -2.49. The number of nitrogens with zero attached hydrogens (tertiary/aromatic N) is 2. The summed E-state index contributed by atoms with van der Waals surface area (Å²) in [6.07, 6.45) is 3.94. The summed E-state index contributed by atoms with van der Waals surface area (Å²) in [7, 11) is 0. The Morgan fingerprint density at radius 2 is 2.33 bits per heavy atom. The van der Waals surface area contributed by atoms with Gasteiger partial charge >= 0.3 is 0 Å². The van der Waals surface area contributed by atoms with Gasteiger partial charge < -0.3 is 5.32 Å². The van der Waals surface area contributed by atoms with Crippen molar-refractivity contribution in [1.82, 2.24) is 20.4 Å². The molecule has 1 saturated heterocycles. The quantitative estimate of drug-likeness (QED) is 0.909. The molecule has 1 atom stereocenters. The zero-order chi connectivity index (χ0) is 14.8. The first-order valence-electron chi connectivity index (χ1n) is 7.61. The van der Waals surface area contributed by atoms with Gasteiger partial charge in [-0.15, -0.1) is 0 Å². The predicted octanol–water partition coefficient (Wildman–Crippen LogP) is 2.17. The molecule has 0 saturated carbocycles. The van der Waals surface area contributed by atoms with Crippen LogP contribution >= 0.6 is 0 Å². The van der Waals surface area contributed by atoms with E-state index in [1.165, 1.54) is 0 Å². The monoisotopic (exact) mass is 286 g/mol. The van der Waals surface area contributed by atoms with Crippen LogP contribution in [0.3, 0.4) is 0 Å². The van der Waals surface area contributed by atoms with Crippen molar-refractivity contribution >= 4 is 16.8 Å². The lowest BCUT2D eigenvalue weighted by Gasteiger charge is -2.35. The molecule has 1 amide bonds. The minimum Gasteiger partial charge on any atom is -0.348 e. The maximum absolute atomic E-state index is 12.4. The molecule has 1 aliphatic heterocycles. The summed E-state index contributed by atoms with van der Waals surface area (Å²) in [6, 6.07) is 6.41. The third kappa shape index (κ3) is 3.08. The number of H-pyrrole nitrogens is 1. The van der Waals surface area contributed by atoms with Crippen LogP contribution < -0.4 is 5.32 Å². The third-order valence-electron chi connectivity index (χ3n) is 4.22. The highest BCUT2D eigenvalue weighted by Gasteiger charge is 2.23. The summed E-state index contributed by atoms with van der Waals surface area (Å²) in [4.78, 5) is 14.8. The van der Waals surface area contributed by atoms with E-state index < -0.39 is 0 Å². The first kappa shape index (κ1) is 14.1. The van der Waals surface area contributed by atoms with Crippen molar-refractivity contribution in [1.29, 1.82) is 0 Å². The van der Waals surface area contributed by atoms with E-state index in [1.807, 2.05) is 18.2 Å². The Morgan fingerprint density at radius 1 is 1.48 bits per heavy atom. The topological polar surface area (TPSA) is 61.0 Å². The van der Waals surface area contributed by atoms with E-state index in [2.05, 4.69) is 34.3 Å². The lowest BCUT2D eigenvalue weighted by molar-refractivity contribution is 0.0886. The van der Waals surface area contributed by atoms with Gasteiger partial charge in [-0.25, -0.2) is 0 Å². The van der Waals surface area contributed by atoms with Crippen LogP contribution in [0.1, 0.15) is 37.0 Å². The molecule has 1 aromatic heterocycles. The molecule has 0 aliphatic carbocycles. The molecule has 2 heterocycles. The highest BCUT2D eigenvalue weighted by atomic mass is 16.1. The number of benzene rings is 1. The fourth-order valence-electron chi connectivity index (χ4n) is 2.95. The SMILES string of the molecule is CC(C)N1CCC[C@H](NC(=O)c2ccc3[nH]ncc3c2)C1. The smallest absolute Gasteiger partial charge is 0.251 e. The third-order valence-corrected chi connectivity index (χ3v) is 4.22. The number of carbonyl (C=O) groups is 1. The number of likely N-dealkylation sites (tertiary alicyclic amines) is 1. The Balaban J connectivity index is 1.67.